The number of benzene rings is 1. The molecule has 0 atom stereocenters. The van der Waals surface area contributed by atoms with E-state index >= 15 is 0 Å². The zero-order valence-corrected chi connectivity index (χ0v) is 15.0. The number of rotatable bonds is 4. The van der Waals surface area contributed by atoms with E-state index in [1.807, 2.05) is 0 Å². The van der Waals surface area contributed by atoms with Crippen molar-refractivity contribution >= 4 is 29.1 Å². The topological polar surface area (TPSA) is 75.4 Å². The summed E-state index contributed by atoms with van der Waals surface area (Å²) in [5, 5.41) is 7.12. The zero-order valence-electron chi connectivity index (χ0n) is 14.3. The van der Waals surface area contributed by atoms with Crippen LogP contribution in [0, 0.1) is 13.8 Å². The van der Waals surface area contributed by atoms with Crippen molar-refractivity contribution in [2.45, 2.75) is 33.1 Å². The van der Waals surface area contributed by atoms with Crippen molar-refractivity contribution in [3.05, 3.63) is 45.8 Å². The summed E-state index contributed by atoms with van der Waals surface area (Å²) in [6, 6.07) is 4.93. The third kappa shape index (κ3) is 3.85. The van der Waals surface area contributed by atoms with Gasteiger partial charge in [-0.1, -0.05) is 16.8 Å². The van der Waals surface area contributed by atoms with Gasteiger partial charge < -0.3 is 14.7 Å². The highest BCUT2D eigenvalue weighted by atomic mass is 35.5. The Bertz CT molecular complexity index is 790. The lowest BCUT2D eigenvalue weighted by Gasteiger charge is -2.18. The number of aryl methyl sites for hydroxylation is 2. The molecule has 7 heteroatoms. The van der Waals surface area contributed by atoms with Crippen LogP contribution in [0.2, 0.25) is 5.02 Å². The van der Waals surface area contributed by atoms with Gasteiger partial charge in [-0.15, -0.1) is 0 Å². The van der Waals surface area contributed by atoms with E-state index < -0.39 is 0 Å². The van der Waals surface area contributed by atoms with Crippen LogP contribution in [0.1, 0.15) is 40.2 Å². The number of halogens is 1. The number of nitrogens with zero attached hydrogens (tertiary/aromatic N) is 2. The molecule has 1 aliphatic heterocycles. The molecule has 0 bridgehead atoms. The number of hydrogen-bond donors (Lipinski definition) is 1. The maximum absolute atomic E-state index is 12.7. The molecule has 1 aliphatic rings. The third-order valence-corrected chi connectivity index (χ3v) is 4.63. The highest BCUT2D eigenvalue weighted by molar-refractivity contribution is 6.31. The minimum absolute atomic E-state index is 0.0817. The third-order valence-electron chi connectivity index (χ3n) is 4.40. The van der Waals surface area contributed by atoms with Gasteiger partial charge in [0.2, 0.25) is 5.91 Å². The molecule has 1 aromatic heterocycles. The lowest BCUT2D eigenvalue weighted by Crippen LogP contribution is -2.29. The van der Waals surface area contributed by atoms with Crippen LogP contribution in [-0.4, -0.2) is 35.0 Å². The molecule has 0 saturated carbocycles. The molecule has 25 heavy (non-hydrogen) atoms. The predicted octanol–water partition coefficient (Wildman–Crippen LogP) is 3.36. The Morgan fingerprint density at radius 1 is 1.28 bits per heavy atom. The molecule has 132 valence electrons. The van der Waals surface area contributed by atoms with E-state index in [1.54, 1.807) is 36.9 Å². The molecule has 2 aromatic rings. The fraction of sp³-hybridized carbons (Fsp3) is 0.389. The molecular weight excluding hydrogens is 342 g/mol. The molecule has 0 spiro atoms. The van der Waals surface area contributed by atoms with Crippen LogP contribution >= 0.6 is 11.6 Å². The summed E-state index contributed by atoms with van der Waals surface area (Å²) in [5.74, 6) is 0.293. The monoisotopic (exact) mass is 361 g/mol. The van der Waals surface area contributed by atoms with E-state index in [2.05, 4.69) is 10.5 Å². The molecule has 1 saturated heterocycles. The molecule has 0 unspecified atom stereocenters. The Kier molecular flexibility index (Phi) is 5.08. The van der Waals surface area contributed by atoms with Crippen molar-refractivity contribution in [3.63, 3.8) is 0 Å². The summed E-state index contributed by atoms with van der Waals surface area (Å²) in [7, 11) is 0. The standard InChI is InChI=1S/C18H20ClN3O3/c1-11-15(12(2)25-21-11)10-17(23)20-16-9-13(19)5-6-14(16)18(24)22-7-3-4-8-22/h5-6,9H,3-4,7-8,10H2,1-2H3,(H,20,23). The van der Waals surface area contributed by atoms with Crippen LogP contribution in [0.5, 0.6) is 0 Å². The Morgan fingerprint density at radius 3 is 2.64 bits per heavy atom. The maximum Gasteiger partial charge on any atom is 0.255 e. The first-order valence-corrected chi connectivity index (χ1v) is 8.64. The molecule has 2 heterocycles. The number of aromatic nitrogens is 1. The molecule has 1 fully saturated rings. The van der Waals surface area contributed by atoms with Crippen molar-refractivity contribution in [2.24, 2.45) is 0 Å². The van der Waals surface area contributed by atoms with Crippen molar-refractivity contribution in [1.29, 1.82) is 0 Å². The van der Waals surface area contributed by atoms with Crippen molar-refractivity contribution in [2.75, 3.05) is 18.4 Å². The summed E-state index contributed by atoms with van der Waals surface area (Å²) in [5.41, 5.74) is 2.33. The summed E-state index contributed by atoms with van der Waals surface area (Å²) in [6.45, 7) is 5.05. The Hall–Kier alpha value is -2.34. The van der Waals surface area contributed by atoms with Gasteiger partial charge in [-0.2, -0.15) is 0 Å². The van der Waals surface area contributed by atoms with Gasteiger partial charge in [0, 0.05) is 23.7 Å². The average molecular weight is 362 g/mol. The zero-order chi connectivity index (χ0) is 18.0. The van der Waals surface area contributed by atoms with Gasteiger partial charge in [-0.05, 0) is 44.9 Å². The van der Waals surface area contributed by atoms with E-state index in [9.17, 15) is 9.59 Å². The second kappa shape index (κ2) is 7.27. The van der Waals surface area contributed by atoms with Crippen molar-refractivity contribution in [3.8, 4) is 0 Å². The number of likely N-dealkylation sites (tertiary alicyclic amines) is 1. The lowest BCUT2D eigenvalue weighted by molar-refractivity contribution is -0.115. The van der Waals surface area contributed by atoms with Crippen molar-refractivity contribution in [1.82, 2.24) is 10.1 Å². The van der Waals surface area contributed by atoms with Gasteiger partial charge >= 0.3 is 0 Å². The highest BCUT2D eigenvalue weighted by Gasteiger charge is 2.23. The Morgan fingerprint density at radius 2 is 2.00 bits per heavy atom. The summed E-state index contributed by atoms with van der Waals surface area (Å²) in [4.78, 5) is 26.9. The Balaban J connectivity index is 1.80. The molecule has 0 aliphatic carbocycles. The number of hydrogen-bond acceptors (Lipinski definition) is 4. The van der Waals surface area contributed by atoms with Gasteiger partial charge in [0.05, 0.1) is 23.4 Å². The lowest BCUT2D eigenvalue weighted by atomic mass is 10.1. The molecule has 3 rings (SSSR count). The smallest absolute Gasteiger partial charge is 0.255 e. The van der Waals surface area contributed by atoms with Gasteiger partial charge in [0.15, 0.2) is 0 Å². The van der Waals surface area contributed by atoms with E-state index in [4.69, 9.17) is 16.1 Å². The predicted molar refractivity (Wildman–Crippen MR) is 94.9 cm³/mol. The van der Waals surface area contributed by atoms with Gasteiger partial charge in [0.25, 0.3) is 5.91 Å². The minimum atomic E-state index is -0.243. The molecular formula is C18H20ClN3O3. The summed E-state index contributed by atoms with van der Waals surface area (Å²) < 4.78 is 5.08. The van der Waals surface area contributed by atoms with E-state index in [0.29, 0.717) is 27.7 Å². The second-order valence-electron chi connectivity index (χ2n) is 6.22. The molecule has 2 amide bonds. The van der Waals surface area contributed by atoms with Crippen LogP contribution < -0.4 is 5.32 Å². The molecule has 1 N–H and O–H groups in total. The number of amides is 2. The largest absolute Gasteiger partial charge is 0.361 e. The average Bonchev–Trinajstić information content (AvgIpc) is 3.20. The van der Waals surface area contributed by atoms with Crippen LogP contribution in [0.15, 0.2) is 22.7 Å². The highest BCUT2D eigenvalue weighted by Crippen LogP contribution is 2.25. The number of nitrogens with one attached hydrogen (secondary N) is 1. The summed E-state index contributed by atoms with van der Waals surface area (Å²) >= 11 is 6.06. The first-order chi connectivity index (χ1) is 12.0. The van der Waals surface area contributed by atoms with Gasteiger partial charge in [-0.3, -0.25) is 9.59 Å². The van der Waals surface area contributed by atoms with Crippen LogP contribution in [-0.2, 0) is 11.2 Å². The summed E-state index contributed by atoms with van der Waals surface area (Å²) in [6.07, 6.45) is 2.14. The Labute approximate surface area is 151 Å². The van der Waals surface area contributed by atoms with Gasteiger partial charge in [0.1, 0.15) is 5.76 Å². The quantitative estimate of drug-likeness (QED) is 0.905. The van der Waals surface area contributed by atoms with Crippen LogP contribution in [0.4, 0.5) is 5.69 Å². The first-order valence-electron chi connectivity index (χ1n) is 8.26. The van der Waals surface area contributed by atoms with E-state index in [0.717, 1.165) is 31.5 Å². The number of anilines is 1. The van der Waals surface area contributed by atoms with Crippen LogP contribution in [0.3, 0.4) is 0 Å². The van der Waals surface area contributed by atoms with Crippen LogP contribution in [0.25, 0.3) is 0 Å². The van der Waals surface area contributed by atoms with Gasteiger partial charge in [-0.25, -0.2) is 0 Å². The fourth-order valence-corrected chi connectivity index (χ4v) is 3.18. The normalized spacial score (nSPS) is 14.0. The SMILES string of the molecule is Cc1noc(C)c1CC(=O)Nc1cc(Cl)ccc1C(=O)N1CCCC1. The number of carbonyl (C=O) groups excluding carboxylic acids is 2. The first kappa shape index (κ1) is 17.5. The molecule has 0 radical (unpaired) electrons. The van der Waals surface area contributed by atoms with E-state index in [-0.39, 0.29) is 18.2 Å². The molecule has 1 aromatic carbocycles. The minimum Gasteiger partial charge on any atom is -0.361 e. The fourth-order valence-electron chi connectivity index (χ4n) is 3.01. The second-order valence-corrected chi connectivity index (χ2v) is 6.65. The molecule has 6 nitrogen and oxygen atoms in total. The van der Waals surface area contributed by atoms with E-state index in [1.165, 1.54) is 0 Å². The van der Waals surface area contributed by atoms with Crippen molar-refractivity contribution < 1.29 is 14.1 Å². The maximum atomic E-state index is 12.7. The number of carbonyl (C=O) groups is 2.